The first-order chi connectivity index (χ1) is 14.5. The average Bonchev–Trinajstić information content (AvgIpc) is 2.69. The monoisotopic (exact) mass is 459 g/mol. The summed E-state index contributed by atoms with van der Waals surface area (Å²) < 4.78 is 53.4. The van der Waals surface area contributed by atoms with E-state index in [4.69, 9.17) is 17.3 Å². The lowest BCUT2D eigenvalue weighted by atomic mass is 9.98. The number of nitrogens with one attached hydrogen (secondary N) is 2. The zero-order chi connectivity index (χ0) is 22.9. The number of carbonyl (C=O) groups excluding carboxylic acids is 1. The zero-order valence-electron chi connectivity index (χ0n) is 16.2. The van der Waals surface area contributed by atoms with Crippen LogP contribution < -0.4 is 21.5 Å². The number of hydrogen-bond donors (Lipinski definition) is 3. The maximum atomic E-state index is 13.4. The van der Waals surface area contributed by atoms with Crippen LogP contribution in [0.15, 0.2) is 40.5 Å². The molecule has 0 radical (unpaired) electrons. The maximum Gasteiger partial charge on any atom is 0.416 e. The minimum Gasteiger partial charge on any atom is -0.381 e. The molecule has 166 valence electrons. The fourth-order valence-corrected chi connectivity index (χ4v) is 3.65. The highest BCUT2D eigenvalue weighted by atomic mass is 35.5. The number of aromatic amines is 1. The van der Waals surface area contributed by atoms with Crippen LogP contribution in [0.2, 0.25) is 5.02 Å². The molecule has 1 aliphatic heterocycles. The molecule has 4 N–H and O–H groups in total. The van der Waals surface area contributed by atoms with Crippen LogP contribution in [0.5, 0.6) is 0 Å². The third-order valence-electron chi connectivity index (χ3n) is 4.94. The summed E-state index contributed by atoms with van der Waals surface area (Å²) in [7, 11) is 0. The second-order valence-electron chi connectivity index (χ2n) is 6.99. The Morgan fingerprint density at radius 2 is 2.10 bits per heavy atom. The van der Waals surface area contributed by atoms with Gasteiger partial charge in [-0.1, -0.05) is 17.7 Å². The van der Waals surface area contributed by atoms with Crippen molar-refractivity contribution in [3.8, 4) is 0 Å². The Morgan fingerprint density at radius 3 is 2.74 bits per heavy atom. The number of nitrogens with two attached hydrogens (primary N) is 1. The lowest BCUT2D eigenvalue weighted by Gasteiger charge is -2.33. The molecule has 0 saturated heterocycles. The van der Waals surface area contributed by atoms with Crippen LogP contribution in [0.1, 0.15) is 30.5 Å². The third kappa shape index (κ3) is 4.82. The molecule has 0 bridgehead atoms. The Labute approximate surface area is 178 Å². The largest absolute Gasteiger partial charge is 0.416 e. The predicted molar refractivity (Wildman–Crippen MR) is 106 cm³/mol. The van der Waals surface area contributed by atoms with Crippen LogP contribution >= 0.6 is 11.6 Å². The fraction of sp³-hybridized carbons (Fsp3) is 0.316. The van der Waals surface area contributed by atoms with Crippen LogP contribution in [-0.2, 0) is 11.0 Å². The Kier molecular flexibility index (Phi) is 6.25. The first-order valence-corrected chi connectivity index (χ1v) is 9.50. The SMILES string of the molecule is C[C@@H](NC1=C(C(N)=O)CN(c2cn[nH]c(=O)c2Cl)CC1)c1ccc(F)cc1C(F)(F)F. The van der Waals surface area contributed by atoms with Crippen molar-refractivity contribution >= 4 is 23.2 Å². The summed E-state index contributed by atoms with van der Waals surface area (Å²) in [5.74, 6) is -1.78. The van der Waals surface area contributed by atoms with Crippen molar-refractivity contribution in [2.75, 3.05) is 18.0 Å². The van der Waals surface area contributed by atoms with Crippen LogP contribution in [0, 0.1) is 5.82 Å². The van der Waals surface area contributed by atoms with E-state index in [1.807, 2.05) is 0 Å². The quantitative estimate of drug-likeness (QED) is 0.596. The molecule has 2 aromatic rings. The molecule has 2 heterocycles. The van der Waals surface area contributed by atoms with E-state index in [-0.39, 0.29) is 29.1 Å². The van der Waals surface area contributed by atoms with E-state index in [0.29, 0.717) is 24.0 Å². The molecule has 0 fully saturated rings. The molecule has 1 aromatic heterocycles. The highest BCUT2D eigenvalue weighted by molar-refractivity contribution is 6.33. The van der Waals surface area contributed by atoms with Crippen molar-refractivity contribution in [1.29, 1.82) is 0 Å². The summed E-state index contributed by atoms with van der Waals surface area (Å²) in [4.78, 5) is 25.3. The van der Waals surface area contributed by atoms with Crippen molar-refractivity contribution in [3.63, 3.8) is 0 Å². The lowest BCUT2D eigenvalue weighted by Crippen LogP contribution is -2.40. The van der Waals surface area contributed by atoms with E-state index in [2.05, 4.69) is 15.5 Å². The smallest absolute Gasteiger partial charge is 0.381 e. The van der Waals surface area contributed by atoms with Gasteiger partial charge in [-0.2, -0.15) is 18.3 Å². The molecular weight excluding hydrogens is 442 g/mol. The summed E-state index contributed by atoms with van der Waals surface area (Å²) in [6.45, 7) is 1.75. The molecule has 31 heavy (non-hydrogen) atoms. The first-order valence-electron chi connectivity index (χ1n) is 9.12. The van der Waals surface area contributed by atoms with Gasteiger partial charge in [0.25, 0.3) is 5.56 Å². The summed E-state index contributed by atoms with van der Waals surface area (Å²) in [5.41, 5.74) is 4.41. The molecule has 1 aromatic carbocycles. The van der Waals surface area contributed by atoms with Gasteiger partial charge in [0.1, 0.15) is 10.8 Å². The van der Waals surface area contributed by atoms with E-state index in [0.717, 1.165) is 12.1 Å². The molecule has 0 saturated carbocycles. The van der Waals surface area contributed by atoms with Crippen molar-refractivity contribution in [1.82, 2.24) is 15.5 Å². The number of anilines is 1. The van der Waals surface area contributed by atoms with Gasteiger partial charge in [0, 0.05) is 24.7 Å². The van der Waals surface area contributed by atoms with Gasteiger partial charge >= 0.3 is 6.18 Å². The number of benzene rings is 1. The maximum absolute atomic E-state index is 13.4. The minimum absolute atomic E-state index is 0.0230. The molecule has 3 rings (SSSR count). The van der Waals surface area contributed by atoms with Crippen molar-refractivity contribution in [2.24, 2.45) is 5.73 Å². The molecule has 12 heteroatoms. The second-order valence-corrected chi connectivity index (χ2v) is 7.36. The summed E-state index contributed by atoms with van der Waals surface area (Å²) >= 11 is 6.02. The van der Waals surface area contributed by atoms with Crippen molar-refractivity contribution in [2.45, 2.75) is 25.6 Å². The molecule has 1 amide bonds. The average molecular weight is 460 g/mol. The van der Waals surface area contributed by atoms with E-state index in [1.165, 1.54) is 13.1 Å². The van der Waals surface area contributed by atoms with Gasteiger partial charge in [-0.15, -0.1) is 0 Å². The van der Waals surface area contributed by atoms with E-state index >= 15 is 0 Å². The van der Waals surface area contributed by atoms with Crippen LogP contribution in [0.25, 0.3) is 0 Å². The predicted octanol–water partition coefficient (Wildman–Crippen LogP) is 2.88. The number of nitrogens with zero attached hydrogens (tertiary/aromatic N) is 2. The van der Waals surface area contributed by atoms with Gasteiger partial charge in [0.2, 0.25) is 5.91 Å². The van der Waals surface area contributed by atoms with Gasteiger partial charge in [0.15, 0.2) is 0 Å². The standard InChI is InChI=1S/C19H18ClF4N5O2/c1-9(11-3-2-10(21)6-13(11)19(22,23)24)27-14-4-5-29(8-12(14)17(25)30)15-7-26-28-18(31)16(15)20/h2-3,6-7,9,27H,4-5,8H2,1H3,(H2,25,30)(H,28,31)/t9-/m1/s1. The Balaban J connectivity index is 1.91. The van der Waals surface area contributed by atoms with E-state index in [9.17, 15) is 27.2 Å². The molecule has 1 aliphatic rings. The van der Waals surface area contributed by atoms with Crippen LogP contribution in [-0.4, -0.2) is 29.2 Å². The Bertz CT molecular complexity index is 1100. The van der Waals surface area contributed by atoms with Gasteiger partial charge in [0.05, 0.1) is 29.6 Å². The van der Waals surface area contributed by atoms with E-state index in [1.54, 1.807) is 4.90 Å². The topological polar surface area (TPSA) is 104 Å². The molecule has 7 nitrogen and oxygen atoms in total. The summed E-state index contributed by atoms with van der Waals surface area (Å²) in [6.07, 6.45) is -3.20. The Hall–Kier alpha value is -3.08. The number of primary amides is 1. The number of hydrogen-bond acceptors (Lipinski definition) is 5. The zero-order valence-corrected chi connectivity index (χ0v) is 16.9. The number of amides is 1. The number of alkyl halides is 3. The summed E-state index contributed by atoms with van der Waals surface area (Å²) in [6, 6.07) is 1.54. The number of H-pyrrole nitrogens is 1. The normalized spacial score (nSPS) is 15.7. The van der Waals surface area contributed by atoms with Gasteiger partial charge in [-0.3, -0.25) is 9.59 Å². The van der Waals surface area contributed by atoms with Gasteiger partial charge in [-0.05, 0) is 24.6 Å². The second kappa shape index (κ2) is 8.58. The van der Waals surface area contributed by atoms with Gasteiger partial charge in [-0.25, -0.2) is 9.49 Å². The van der Waals surface area contributed by atoms with Gasteiger partial charge < -0.3 is 16.0 Å². The summed E-state index contributed by atoms with van der Waals surface area (Å²) in [5, 5.41) is 8.68. The number of rotatable bonds is 5. The number of aromatic nitrogens is 2. The number of carbonyl (C=O) groups is 1. The highest BCUT2D eigenvalue weighted by Gasteiger charge is 2.35. The van der Waals surface area contributed by atoms with Crippen LogP contribution in [0.4, 0.5) is 23.2 Å². The van der Waals surface area contributed by atoms with Crippen molar-refractivity contribution in [3.05, 3.63) is 68.0 Å². The Morgan fingerprint density at radius 1 is 1.39 bits per heavy atom. The molecule has 0 spiro atoms. The van der Waals surface area contributed by atoms with Crippen molar-refractivity contribution < 1.29 is 22.4 Å². The van der Waals surface area contributed by atoms with Crippen LogP contribution in [0.3, 0.4) is 0 Å². The van der Waals surface area contributed by atoms with E-state index < -0.39 is 35.1 Å². The molecule has 0 aliphatic carbocycles. The fourth-order valence-electron chi connectivity index (χ4n) is 3.44. The number of halogens is 5. The molecule has 1 atom stereocenters. The highest BCUT2D eigenvalue weighted by Crippen LogP contribution is 2.36. The molecule has 0 unspecified atom stereocenters. The first kappa shape index (κ1) is 22.6. The molecular formula is C19H18ClF4N5O2. The third-order valence-corrected chi connectivity index (χ3v) is 5.30. The minimum atomic E-state index is -4.75. The lowest BCUT2D eigenvalue weighted by molar-refractivity contribution is -0.138.